The standard InChI is InChI=1S/C14H16O2/c1-9(2)10-3-5-11(6-4-10)12-7-8-13(15)14(12)16/h3-6,9,16H,7-8H2,1-2H3. The second kappa shape index (κ2) is 4.12. The molecule has 84 valence electrons. The van der Waals surface area contributed by atoms with Crippen LogP contribution in [0, 0.1) is 0 Å². The molecule has 2 rings (SSSR count). The number of benzene rings is 1. The molecule has 1 aliphatic rings. The summed E-state index contributed by atoms with van der Waals surface area (Å²) in [5, 5.41) is 9.62. The Hall–Kier alpha value is -1.57. The first-order chi connectivity index (χ1) is 7.59. The first-order valence-corrected chi connectivity index (χ1v) is 5.65. The second-order valence-corrected chi connectivity index (χ2v) is 4.53. The Labute approximate surface area is 95.6 Å². The fraction of sp³-hybridized carbons (Fsp3) is 0.357. The van der Waals surface area contributed by atoms with E-state index in [1.54, 1.807) is 0 Å². The van der Waals surface area contributed by atoms with Crippen LogP contribution in [-0.4, -0.2) is 10.9 Å². The summed E-state index contributed by atoms with van der Waals surface area (Å²) in [4.78, 5) is 11.2. The highest BCUT2D eigenvalue weighted by Crippen LogP contribution is 2.30. The van der Waals surface area contributed by atoms with Crippen molar-refractivity contribution >= 4 is 11.4 Å². The summed E-state index contributed by atoms with van der Waals surface area (Å²) in [5.74, 6) is 0.321. The Kier molecular flexibility index (Phi) is 2.82. The normalized spacial score (nSPS) is 16.3. The lowest BCUT2D eigenvalue weighted by Crippen LogP contribution is -1.94. The Morgan fingerprint density at radius 1 is 1.12 bits per heavy atom. The molecule has 2 heteroatoms. The monoisotopic (exact) mass is 216 g/mol. The van der Waals surface area contributed by atoms with Gasteiger partial charge in [-0.05, 0) is 23.5 Å². The van der Waals surface area contributed by atoms with Crippen molar-refractivity contribution in [3.05, 3.63) is 41.2 Å². The maximum absolute atomic E-state index is 11.2. The molecule has 0 spiro atoms. The lowest BCUT2D eigenvalue weighted by atomic mass is 9.98. The van der Waals surface area contributed by atoms with Gasteiger partial charge in [-0.25, -0.2) is 0 Å². The highest BCUT2D eigenvalue weighted by molar-refractivity contribution is 6.04. The summed E-state index contributed by atoms with van der Waals surface area (Å²) in [6, 6.07) is 8.09. The van der Waals surface area contributed by atoms with Crippen molar-refractivity contribution in [2.45, 2.75) is 32.6 Å². The zero-order valence-corrected chi connectivity index (χ0v) is 9.66. The van der Waals surface area contributed by atoms with Gasteiger partial charge in [0.25, 0.3) is 0 Å². The molecule has 0 atom stereocenters. The van der Waals surface area contributed by atoms with Gasteiger partial charge in [-0.1, -0.05) is 38.1 Å². The van der Waals surface area contributed by atoms with Crippen LogP contribution in [0.15, 0.2) is 30.0 Å². The van der Waals surface area contributed by atoms with Crippen molar-refractivity contribution in [2.24, 2.45) is 0 Å². The van der Waals surface area contributed by atoms with Gasteiger partial charge in [-0.15, -0.1) is 0 Å². The molecule has 0 unspecified atom stereocenters. The first kappa shape index (κ1) is 10.9. The van der Waals surface area contributed by atoms with E-state index in [4.69, 9.17) is 0 Å². The van der Waals surface area contributed by atoms with Gasteiger partial charge >= 0.3 is 0 Å². The van der Waals surface area contributed by atoms with Crippen molar-refractivity contribution < 1.29 is 9.90 Å². The Morgan fingerprint density at radius 3 is 2.19 bits per heavy atom. The lowest BCUT2D eigenvalue weighted by molar-refractivity contribution is -0.117. The highest BCUT2D eigenvalue weighted by atomic mass is 16.3. The molecule has 2 nitrogen and oxygen atoms in total. The molecule has 16 heavy (non-hydrogen) atoms. The summed E-state index contributed by atoms with van der Waals surface area (Å²) < 4.78 is 0. The van der Waals surface area contributed by atoms with E-state index in [2.05, 4.69) is 26.0 Å². The van der Waals surface area contributed by atoms with Gasteiger partial charge < -0.3 is 5.11 Å². The first-order valence-electron chi connectivity index (χ1n) is 5.65. The molecule has 0 bridgehead atoms. The van der Waals surface area contributed by atoms with Crippen molar-refractivity contribution in [3.8, 4) is 0 Å². The Bertz CT molecular complexity index is 438. The van der Waals surface area contributed by atoms with Crippen LogP contribution < -0.4 is 0 Å². The summed E-state index contributed by atoms with van der Waals surface area (Å²) in [6.07, 6.45) is 1.10. The molecule has 0 amide bonds. The molecule has 1 aromatic carbocycles. The topological polar surface area (TPSA) is 37.3 Å². The average molecular weight is 216 g/mol. The van der Waals surface area contributed by atoms with E-state index < -0.39 is 0 Å². The summed E-state index contributed by atoms with van der Waals surface area (Å²) in [5.41, 5.74) is 3.03. The maximum Gasteiger partial charge on any atom is 0.197 e. The van der Waals surface area contributed by atoms with Gasteiger partial charge in [0.15, 0.2) is 11.5 Å². The molecule has 0 fully saturated rings. The zero-order valence-electron chi connectivity index (χ0n) is 9.66. The van der Waals surface area contributed by atoms with Gasteiger partial charge in [0.05, 0.1) is 0 Å². The van der Waals surface area contributed by atoms with E-state index in [9.17, 15) is 9.90 Å². The molecule has 0 saturated carbocycles. The molecule has 1 N–H and O–H groups in total. The molecular weight excluding hydrogens is 200 g/mol. The number of allylic oxidation sites excluding steroid dienone is 2. The van der Waals surface area contributed by atoms with Crippen LogP contribution in [0.2, 0.25) is 0 Å². The molecule has 0 radical (unpaired) electrons. The number of Topliss-reactive ketones (excluding diaryl/α,β-unsaturated/α-hetero) is 1. The van der Waals surface area contributed by atoms with E-state index in [0.717, 1.165) is 11.1 Å². The van der Waals surface area contributed by atoms with E-state index in [1.165, 1.54) is 5.56 Å². The number of aliphatic hydroxyl groups excluding tert-OH is 1. The third kappa shape index (κ3) is 1.87. The molecule has 0 saturated heterocycles. The van der Waals surface area contributed by atoms with Crippen LogP contribution >= 0.6 is 0 Å². The third-order valence-electron chi connectivity index (χ3n) is 3.08. The van der Waals surface area contributed by atoms with Crippen LogP contribution in [0.5, 0.6) is 0 Å². The number of rotatable bonds is 2. The number of aliphatic hydroxyl groups is 1. The highest BCUT2D eigenvalue weighted by Gasteiger charge is 2.23. The molecule has 0 heterocycles. The van der Waals surface area contributed by atoms with E-state index in [0.29, 0.717) is 18.8 Å². The third-order valence-corrected chi connectivity index (χ3v) is 3.08. The van der Waals surface area contributed by atoms with Crippen molar-refractivity contribution in [3.63, 3.8) is 0 Å². The molecular formula is C14H16O2. The fourth-order valence-corrected chi connectivity index (χ4v) is 1.99. The molecule has 1 aliphatic carbocycles. The number of hydrogen-bond acceptors (Lipinski definition) is 2. The maximum atomic E-state index is 11.2. The van der Waals surface area contributed by atoms with E-state index in [1.807, 2.05) is 12.1 Å². The largest absolute Gasteiger partial charge is 0.504 e. The number of ketones is 1. The summed E-state index contributed by atoms with van der Waals surface area (Å²) in [6.45, 7) is 4.29. The van der Waals surface area contributed by atoms with Crippen LogP contribution in [0.1, 0.15) is 43.7 Å². The van der Waals surface area contributed by atoms with Gasteiger partial charge in [0.2, 0.25) is 0 Å². The Balaban J connectivity index is 2.33. The van der Waals surface area contributed by atoms with E-state index in [-0.39, 0.29) is 11.5 Å². The van der Waals surface area contributed by atoms with Crippen LogP contribution in [-0.2, 0) is 4.79 Å². The van der Waals surface area contributed by atoms with Gasteiger partial charge in [0.1, 0.15) is 0 Å². The quantitative estimate of drug-likeness (QED) is 0.822. The fourth-order valence-electron chi connectivity index (χ4n) is 1.99. The van der Waals surface area contributed by atoms with Crippen LogP contribution in [0.3, 0.4) is 0 Å². The van der Waals surface area contributed by atoms with E-state index >= 15 is 0 Å². The smallest absolute Gasteiger partial charge is 0.197 e. The second-order valence-electron chi connectivity index (χ2n) is 4.53. The van der Waals surface area contributed by atoms with Gasteiger partial charge in [0, 0.05) is 12.0 Å². The predicted molar refractivity (Wildman–Crippen MR) is 64.3 cm³/mol. The molecule has 0 aliphatic heterocycles. The van der Waals surface area contributed by atoms with Crippen LogP contribution in [0.25, 0.3) is 5.57 Å². The average Bonchev–Trinajstić information content (AvgIpc) is 2.60. The lowest BCUT2D eigenvalue weighted by Gasteiger charge is -2.07. The Morgan fingerprint density at radius 2 is 1.75 bits per heavy atom. The van der Waals surface area contributed by atoms with Gasteiger partial charge in [-0.3, -0.25) is 4.79 Å². The zero-order chi connectivity index (χ0) is 11.7. The van der Waals surface area contributed by atoms with Gasteiger partial charge in [-0.2, -0.15) is 0 Å². The summed E-state index contributed by atoms with van der Waals surface area (Å²) in [7, 11) is 0. The van der Waals surface area contributed by atoms with Crippen molar-refractivity contribution in [1.29, 1.82) is 0 Å². The number of carbonyl (C=O) groups is 1. The van der Waals surface area contributed by atoms with Crippen molar-refractivity contribution in [1.82, 2.24) is 0 Å². The number of hydrogen-bond donors (Lipinski definition) is 1. The predicted octanol–water partition coefficient (Wildman–Crippen LogP) is 3.44. The minimum absolute atomic E-state index is 0.0442. The molecule has 0 aromatic heterocycles. The molecule has 1 aromatic rings. The summed E-state index contributed by atoms with van der Waals surface area (Å²) >= 11 is 0. The van der Waals surface area contributed by atoms with Crippen LogP contribution in [0.4, 0.5) is 0 Å². The minimum atomic E-state index is -0.136. The minimum Gasteiger partial charge on any atom is -0.504 e. The number of carbonyl (C=O) groups excluding carboxylic acids is 1. The van der Waals surface area contributed by atoms with Crippen molar-refractivity contribution in [2.75, 3.05) is 0 Å². The SMILES string of the molecule is CC(C)c1ccc(C2=C(O)C(=O)CC2)cc1.